The molecule has 0 heterocycles. The van der Waals surface area contributed by atoms with Crippen molar-refractivity contribution in [3.05, 3.63) is 29.8 Å². The number of nitrogens with two attached hydrogens (primary N) is 1. The molecule has 19 heavy (non-hydrogen) atoms. The predicted octanol–water partition coefficient (Wildman–Crippen LogP) is 2.51. The molecule has 1 rings (SSSR count). The van der Waals surface area contributed by atoms with Gasteiger partial charge in [0.05, 0.1) is 6.04 Å². The summed E-state index contributed by atoms with van der Waals surface area (Å²) in [5, 5.41) is 8.90. The molecule has 0 spiro atoms. The van der Waals surface area contributed by atoms with Crippen LogP contribution in [-0.4, -0.2) is 23.7 Å². The van der Waals surface area contributed by atoms with Crippen molar-refractivity contribution in [3.63, 3.8) is 0 Å². The standard InChI is InChI=1S/C10H9F6NO2/c11-9(12,13)8(18)7(17)5-1-3-6(4-2-5)19-10(14,15)16/h1-4,7-8,18H,17H2/t7-,8-/m0/s1. The summed E-state index contributed by atoms with van der Waals surface area (Å²) in [6.45, 7) is 0. The van der Waals surface area contributed by atoms with Crippen molar-refractivity contribution in [2.45, 2.75) is 24.7 Å². The molecule has 9 heteroatoms. The van der Waals surface area contributed by atoms with Gasteiger partial charge >= 0.3 is 12.5 Å². The molecule has 2 atom stereocenters. The molecular weight excluding hydrogens is 280 g/mol. The molecule has 3 N–H and O–H groups in total. The van der Waals surface area contributed by atoms with Crippen LogP contribution in [0.1, 0.15) is 11.6 Å². The summed E-state index contributed by atoms with van der Waals surface area (Å²) in [5.41, 5.74) is 5.00. The smallest absolute Gasteiger partial charge is 0.406 e. The van der Waals surface area contributed by atoms with E-state index < -0.39 is 30.4 Å². The second kappa shape index (κ2) is 5.25. The lowest BCUT2D eigenvalue weighted by Gasteiger charge is -2.21. The molecule has 0 amide bonds. The number of aliphatic hydroxyl groups is 1. The van der Waals surface area contributed by atoms with Crippen LogP contribution in [0, 0.1) is 0 Å². The first-order chi connectivity index (χ1) is 8.50. The Kier molecular flexibility index (Phi) is 4.31. The van der Waals surface area contributed by atoms with E-state index in [1.54, 1.807) is 0 Å². The molecule has 0 radical (unpaired) electrons. The second-order valence-electron chi connectivity index (χ2n) is 3.63. The van der Waals surface area contributed by atoms with Crippen molar-refractivity contribution >= 4 is 0 Å². The number of ether oxygens (including phenoxy) is 1. The van der Waals surface area contributed by atoms with Gasteiger partial charge in [0.25, 0.3) is 0 Å². The van der Waals surface area contributed by atoms with Crippen LogP contribution in [0.2, 0.25) is 0 Å². The van der Waals surface area contributed by atoms with Crippen LogP contribution >= 0.6 is 0 Å². The largest absolute Gasteiger partial charge is 0.573 e. The van der Waals surface area contributed by atoms with Gasteiger partial charge in [-0.2, -0.15) is 13.2 Å². The molecule has 0 bridgehead atoms. The Morgan fingerprint density at radius 2 is 1.47 bits per heavy atom. The van der Waals surface area contributed by atoms with Crippen LogP contribution in [0.25, 0.3) is 0 Å². The van der Waals surface area contributed by atoms with Gasteiger partial charge in [-0.05, 0) is 17.7 Å². The van der Waals surface area contributed by atoms with Gasteiger partial charge in [0.2, 0.25) is 0 Å². The molecule has 0 fully saturated rings. The van der Waals surface area contributed by atoms with Gasteiger partial charge in [-0.25, -0.2) is 0 Å². The van der Waals surface area contributed by atoms with Crippen LogP contribution in [0.4, 0.5) is 26.3 Å². The van der Waals surface area contributed by atoms with Crippen LogP contribution in [-0.2, 0) is 0 Å². The molecule has 0 unspecified atom stereocenters. The molecule has 0 aliphatic heterocycles. The number of hydrogen-bond donors (Lipinski definition) is 2. The maximum absolute atomic E-state index is 12.2. The van der Waals surface area contributed by atoms with E-state index >= 15 is 0 Å². The van der Waals surface area contributed by atoms with Gasteiger partial charge in [0.1, 0.15) is 5.75 Å². The molecule has 0 saturated heterocycles. The first-order valence-electron chi connectivity index (χ1n) is 4.87. The highest BCUT2D eigenvalue weighted by Gasteiger charge is 2.42. The molecule has 0 aliphatic carbocycles. The Morgan fingerprint density at radius 1 is 1.00 bits per heavy atom. The fourth-order valence-electron chi connectivity index (χ4n) is 1.28. The van der Waals surface area contributed by atoms with E-state index in [1.807, 2.05) is 0 Å². The number of halogens is 6. The maximum Gasteiger partial charge on any atom is 0.573 e. The molecule has 0 aromatic heterocycles. The third-order valence-corrected chi connectivity index (χ3v) is 2.17. The first kappa shape index (κ1) is 15.6. The van der Waals surface area contributed by atoms with Gasteiger partial charge in [0.15, 0.2) is 6.10 Å². The number of rotatable bonds is 3. The van der Waals surface area contributed by atoms with E-state index in [1.165, 1.54) is 0 Å². The van der Waals surface area contributed by atoms with E-state index in [9.17, 15) is 26.3 Å². The average molecular weight is 289 g/mol. The monoisotopic (exact) mass is 289 g/mol. The summed E-state index contributed by atoms with van der Waals surface area (Å²) >= 11 is 0. The SMILES string of the molecule is N[C@@H](c1ccc(OC(F)(F)F)cc1)[C@H](O)C(F)(F)F. The Balaban J connectivity index is 2.82. The minimum atomic E-state index is -4.92. The zero-order chi connectivity index (χ0) is 14.8. The van der Waals surface area contributed by atoms with Crippen LogP contribution in [0.5, 0.6) is 5.75 Å². The van der Waals surface area contributed by atoms with Gasteiger partial charge in [-0.15, -0.1) is 13.2 Å². The molecule has 0 saturated carbocycles. The normalized spacial score (nSPS) is 16.0. The molecule has 3 nitrogen and oxygen atoms in total. The fraction of sp³-hybridized carbons (Fsp3) is 0.400. The molecule has 0 aliphatic rings. The second-order valence-corrected chi connectivity index (χ2v) is 3.63. The zero-order valence-electron chi connectivity index (χ0n) is 9.16. The highest BCUT2D eigenvalue weighted by atomic mass is 19.4. The number of hydrogen-bond acceptors (Lipinski definition) is 3. The summed E-state index contributed by atoms with van der Waals surface area (Å²) in [6.07, 6.45) is -12.6. The van der Waals surface area contributed by atoms with Crippen molar-refractivity contribution in [2.24, 2.45) is 5.73 Å². The van der Waals surface area contributed by atoms with E-state index in [0.717, 1.165) is 24.3 Å². The van der Waals surface area contributed by atoms with Crippen molar-refractivity contribution in [1.29, 1.82) is 0 Å². The van der Waals surface area contributed by atoms with Crippen molar-refractivity contribution in [2.75, 3.05) is 0 Å². The lowest BCUT2D eigenvalue weighted by atomic mass is 10.0. The van der Waals surface area contributed by atoms with Gasteiger partial charge in [-0.3, -0.25) is 0 Å². The fourth-order valence-corrected chi connectivity index (χ4v) is 1.28. The van der Waals surface area contributed by atoms with E-state index in [2.05, 4.69) is 4.74 Å². The summed E-state index contributed by atoms with van der Waals surface area (Å²) in [5.74, 6) is -0.593. The quantitative estimate of drug-likeness (QED) is 0.841. The van der Waals surface area contributed by atoms with Crippen molar-refractivity contribution in [1.82, 2.24) is 0 Å². The predicted molar refractivity (Wildman–Crippen MR) is 52.1 cm³/mol. The number of alkyl halides is 6. The van der Waals surface area contributed by atoms with E-state index in [4.69, 9.17) is 10.8 Å². The topological polar surface area (TPSA) is 55.5 Å². The number of benzene rings is 1. The number of aliphatic hydroxyl groups excluding tert-OH is 1. The van der Waals surface area contributed by atoms with Crippen LogP contribution in [0.3, 0.4) is 0 Å². The minimum absolute atomic E-state index is 0.167. The molecule has 108 valence electrons. The Morgan fingerprint density at radius 3 is 1.84 bits per heavy atom. The van der Waals surface area contributed by atoms with Crippen molar-refractivity contribution in [3.8, 4) is 5.75 Å². The van der Waals surface area contributed by atoms with Gasteiger partial charge < -0.3 is 15.6 Å². The van der Waals surface area contributed by atoms with Crippen molar-refractivity contribution < 1.29 is 36.2 Å². The summed E-state index contributed by atoms with van der Waals surface area (Å²) in [6, 6.07) is 1.67. The Bertz CT molecular complexity index is 414. The first-order valence-corrected chi connectivity index (χ1v) is 4.87. The molecular formula is C10H9F6NO2. The average Bonchev–Trinajstić information content (AvgIpc) is 2.24. The molecule has 1 aromatic carbocycles. The Labute approximate surface area is 103 Å². The third-order valence-electron chi connectivity index (χ3n) is 2.17. The zero-order valence-corrected chi connectivity index (χ0v) is 9.16. The lowest BCUT2D eigenvalue weighted by molar-refractivity contribution is -0.274. The minimum Gasteiger partial charge on any atom is -0.406 e. The van der Waals surface area contributed by atoms with E-state index in [-0.39, 0.29) is 5.56 Å². The van der Waals surface area contributed by atoms with E-state index in [0.29, 0.717) is 0 Å². The summed E-state index contributed by atoms with van der Waals surface area (Å²) in [7, 11) is 0. The highest BCUT2D eigenvalue weighted by Crippen LogP contribution is 2.30. The van der Waals surface area contributed by atoms with Gasteiger partial charge in [0, 0.05) is 0 Å². The maximum atomic E-state index is 12.2. The summed E-state index contributed by atoms with van der Waals surface area (Å²) in [4.78, 5) is 0. The summed E-state index contributed by atoms with van der Waals surface area (Å²) < 4.78 is 75.6. The van der Waals surface area contributed by atoms with Crippen LogP contribution in [0.15, 0.2) is 24.3 Å². The van der Waals surface area contributed by atoms with Crippen LogP contribution < -0.4 is 10.5 Å². The molecule has 1 aromatic rings. The third kappa shape index (κ3) is 4.60. The lowest BCUT2D eigenvalue weighted by Crippen LogP contribution is -2.38. The highest BCUT2D eigenvalue weighted by molar-refractivity contribution is 5.29. The van der Waals surface area contributed by atoms with Gasteiger partial charge in [-0.1, -0.05) is 12.1 Å². The Hall–Kier alpha value is -1.48.